The van der Waals surface area contributed by atoms with E-state index in [4.69, 9.17) is 5.73 Å². The number of rotatable bonds is 4. The lowest BCUT2D eigenvalue weighted by atomic mass is 9.82. The quantitative estimate of drug-likeness (QED) is 0.525. The zero-order valence-corrected chi connectivity index (χ0v) is 18.3. The molecule has 2 aromatic heterocycles. The maximum absolute atomic E-state index is 13.1. The van der Waals surface area contributed by atoms with Gasteiger partial charge in [-0.25, -0.2) is 9.97 Å². The van der Waals surface area contributed by atoms with E-state index in [-0.39, 0.29) is 35.6 Å². The molecule has 1 amide bonds. The van der Waals surface area contributed by atoms with Crippen molar-refractivity contribution in [3.8, 4) is 0 Å². The number of hydrogen-bond acceptors (Lipinski definition) is 4. The number of carbonyl (C=O) groups excluding carboxylic acids is 1. The van der Waals surface area contributed by atoms with Gasteiger partial charge in [0.2, 0.25) is 0 Å². The Morgan fingerprint density at radius 1 is 1.06 bits per heavy atom. The Labute approximate surface area is 190 Å². The van der Waals surface area contributed by atoms with Gasteiger partial charge in [0.25, 0.3) is 5.91 Å². The van der Waals surface area contributed by atoms with Gasteiger partial charge in [0.05, 0.1) is 16.8 Å². The predicted molar refractivity (Wildman–Crippen MR) is 120 cm³/mol. The Bertz CT molecular complexity index is 1130. The van der Waals surface area contributed by atoms with Crippen LogP contribution in [0.3, 0.4) is 0 Å². The van der Waals surface area contributed by atoms with Crippen LogP contribution in [-0.2, 0) is 6.18 Å². The number of nitrogens with two attached hydrogens (primary N) is 1. The summed E-state index contributed by atoms with van der Waals surface area (Å²) in [6.45, 7) is 2.04. The summed E-state index contributed by atoms with van der Waals surface area (Å²) in [5.41, 5.74) is 6.65. The van der Waals surface area contributed by atoms with E-state index >= 15 is 0 Å². The summed E-state index contributed by atoms with van der Waals surface area (Å²) < 4.78 is 39.4. The Balaban J connectivity index is 0.00000289. The van der Waals surface area contributed by atoms with E-state index < -0.39 is 17.8 Å². The van der Waals surface area contributed by atoms with Crippen LogP contribution in [0.4, 0.5) is 19.0 Å². The molecule has 32 heavy (non-hydrogen) atoms. The maximum atomic E-state index is 13.1. The molecule has 1 fully saturated rings. The number of aromatic nitrogens is 2. The Kier molecular flexibility index (Phi) is 6.93. The number of amides is 1. The number of aryl methyl sites for hydroxylation is 1. The smallest absolute Gasteiger partial charge is 0.367 e. The first-order chi connectivity index (χ1) is 14.7. The first-order valence-electron chi connectivity index (χ1n) is 10.2. The second kappa shape index (κ2) is 9.32. The van der Waals surface area contributed by atoms with Crippen LogP contribution < -0.4 is 11.1 Å². The van der Waals surface area contributed by atoms with Crippen molar-refractivity contribution in [3.05, 3.63) is 65.0 Å². The SMILES string of the molecule is Cc1cc(NC2CCC(c3nc(C(F)(F)F)ccc3C(N)=O)CC2)nc2ccccc12.Cl. The van der Waals surface area contributed by atoms with Crippen molar-refractivity contribution in [2.24, 2.45) is 5.73 Å². The summed E-state index contributed by atoms with van der Waals surface area (Å²) in [6.07, 6.45) is -1.89. The normalized spacial score (nSPS) is 18.8. The molecule has 0 bridgehead atoms. The summed E-state index contributed by atoms with van der Waals surface area (Å²) in [6, 6.07) is 12.0. The van der Waals surface area contributed by atoms with Gasteiger partial charge in [-0.3, -0.25) is 4.79 Å². The minimum absolute atomic E-state index is 0. The molecule has 0 saturated heterocycles. The van der Waals surface area contributed by atoms with E-state index in [2.05, 4.69) is 15.3 Å². The number of hydrogen-bond donors (Lipinski definition) is 2. The lowest BCUT2D eigenvalue weighted by Gasteiger charge is -2.30. The van der Waals surface area contributed by atoms with Gasteiger partial charge < -0.3 is 11.1 Å². The van der Waals surface area contributed by atoms with E-state index in [0.717, 1.165) is 47.3 Å². The molecule has 3 N–H and O–H groups in total. The number of fused-ring (bicyclic) bond motifs is 1. The molecule has 2 heterocycles. The second-order valence-electron chi connectivity index (χ2n) is 8.03. The van der Waals surface area contributed by atoms with Gasteiger partial charge in [0.15, 0.2) is 0 Å². The number of carbonyl (C=O) groups is 1. The molecule has 4 rings (SSSR count). The van der Waals surface area contributed by atoms with Crippen LogP contribution in [0.25, 0.3) is 10.9 Å². The molecule has 1 saturated carbocycles. The third-order valence-electron chi connectivity index (χ3n) is 5.87. The standard InChI is InChI=1S/C23H23F3N4O.ClH/c1-13-12-20(29-18-5-3-2-4-16(13)18)28-15-8-6-14(7-9-15)21-17(22(27)31)10-11-19(30-21)23(24,25)26;/h2-5,10-12,14-15H,6-9H2,1H3,(H2,27,31)(H,28,29);1H. The fourth-order valence-corrected chi connectivity index (χ4v) is 4.30. The Hall–Kier alpha value is -2.87. The third-order valence-corrected chi connectivity index (χ3v) is 5.87. The van der Waals surface area contributed by atoms with Crippen molar-refractivity contribution in [1.29, 1.82) is 0 Å². The zero-order valence-electron chi connectivity index (χ0n) is 17.4. The van der Waals surface area contributed by atoms with Crippen LogP contribution in [0.2, 0.25) is 0 Å². The lowest BCUT2D eigenvalue weighted by Crippen LogP contribution is -2.28. The highest BCUT2D eigenvalue weighted by Crippen LogP contribution is 2.37. The largest absolute Gasteiger partial charge is 0.433 e. The van der Waals surface area contributed by atoms with Crippen molar-refractivity contribution in [2.75, 3.05) is 5.32 Å². The molecule has 1 aliphatic carbocycles. The van der Waals surface area contributed by atoms with Gasteiger partial charge in [-0.05, 0) is 62.4 Å². The van der Waals surface area contributed by atoms with Crippen molar-refractivity contribution in [2.45, 2.75) is 50.7 Å². The van der Waals surface area contributed by atoms with Gasteiger partial charge in [-0.2, -0.15) is 13.2 Å². The van der Waals surface area contributed by atoms with Gasteiger partial charge >= 0.3 is 6.18 Å². The number of benzene rings is 1. The van der Waals surface area contributed by atoms with Crippen LogP contribution in [0.15, 0.2) is 42.5 Å². The van der Waals surface area contributed by atoms with Crippen molar-refractivity contribution in [1.82, 2.24) is 9.97 Å². The average Bonchev–Trinajstić information content (AvgIpc) is 2.73. The van der Waals surface area contributed by atoms with E-state index in [9.17, 15) is 18.0 Å². The molecular formula is C23H24ClF3N4O. The molecule has 0 unspecified atom stereocenters. The number of anilines is 1. The van der Waals surface area contributed by atoms with E-state index in [1.807, 2.05) is 37.3 Å². The zero-order chi connectivity index (χ0) is 22.2. The van der Waals surface area contributed by atoms with Gasteiger partial charge in [-0.15, -0.1) is 12.4 Å². The van der Waals surface area contributed by atoms with Crippen LogP contribution >= 0.6 is 12.4 Å². The summed E-state index contributed by atoms with van der Waals surface area (Å²) in [7, 11) is 0. The lowest BCUT2D eigenvalue weighted by molar-refractivity contribution is -0.141. The second-order valence-corrected chi connectivity index (χ2v) is 8.03. The topological polar surface area (TPSA) is 80.9 Å². The fraction of sp³-hybridized carbons (Fsp3) is 0.348. The summed E-state index contributed by atoms with van der Waals surface area (Å²) >= 11 is 0. The highest BCUT2D eigenvalue weighted by atomic mass is 35.5. The summed E-state index contributed by atoms with van der Waals surface area (Å²) in [4.78, 5) is 20.2. The molecule has 3 aromatic rings. The predicted octanol–water partition coefficient (Wildman–Crippen LogP) is 5.62. The Morgan fingerprint density at radius 3 is 2.41 bits per heavy atom. The molecule has 0 atom stereocenters. The number of nitrogens with one attached hydrogen (secondary N) is 1. The number of halogens is 4. The van der Waals surface area contributed by atoms with Crippen molar-refractivity contribution < 1.29 is 18.0 Å². The van der Waals surface area contributed by atoms with E-state index in [0.29, 0.717) is 12.8 Å². The molecule has 0 aliphatic heterocycles. The minimum Gasteiger partial charge on any atom is -0.367 e. The third kappa shape index (κ3) is 4.96. The number of primary amides is 1. The molecule has 0 radical (unpaired) electrons. The summed E-state index contributed by atoms with van der Waals surface area (Å²) in [5.74, 6) is -0.212. The van der Waals surface area contributed by atoms with Crippen LogP contribution in [0.5, 0.6) is 0 Å². The number of alkyl halides is 3. The number of para-hydroxylation sites is 1. The van der Waals surface area contributed by atoms with Gasteiger partial charge in [-0.1, -0.05) is 18.2 Å². The van der Waals surface area contributed by atoms with Crippen LogP contribution in [0, 0.1) is 6.92 Å². The maximum Gasteiger partial charge on any atom is 0.433 e. The Morgan fingerprint density at radius 2 is 1.75 bits per heavy atom. The van der Waals surface area contributed by atoms with Crippen molar-refractivity contribution >= 4 is 35.0 Å². The number of pyridine rings is 2. The highest BCUT2D eigenvalue weighted by molar-refractivity contribution is 5.94. The minimum atomic E-state index is -4.57. The van der Waals surface area contributed by atoms with Crippen LogP contribution in [-0.4, -0.2) is 21.9 Å². The fourth-order valence-electron chi connectivity index (χ4n) is 4.30. The highest BCUT2D eigenvalue weighted by Gasteiger charge is 2.35. The van der Waals surface area contributed by atoms with Gasteiger partial charge in [0, 0.05) is 17.3 Å². The molecule has 1 aliphatic rings. The summed E-state index contributed by atoms with van der Waals surface area (Å²) in [5, 5.41) is 4.56. The van der Waals surface area contributed by atoms with Crippen LogP contribution in [0.1, 0.15) is 58.9 Å². The van der Waals surface area contributed by atoms with E-state index in [1.54, 1.807) is 0 Å². The molecule has 0 spiro atoms. The molecule has 9 heteroatoms. The molecule has 170 valence electrons. The number of nitrogens with zero attached hydrogens (tertiary/aromatic N) is 2. The van der Waals surface area contributed by atoms with Gasteiger partial charge in [0.1, 0.15) is 11.5 Å². The first kappa shape index (κ1) is 23.8. The molecular weight excluding hydrogens is 441 g/mol. The monoisotopic (exact) mass is 464 g/mol. The molecule has 5 nitrogen and oxygen atoms in total. The first-order valence-corrected chi connectivity index (χ1v) is 10.2. The van der Waals surface area contributed by atoms with Crippen molar-refractivity contribution in [3.63, 3.8) is 0 Å². The average molecular weight is 465 g/mol. The van der Waals surface area contributed by atoms with E-state index in [1.165, 1.54) is 0 Å². The molecule has 1 aromatic carbocycles.